The highest BCUT2D eigenvalue weighted by molar-refractivity contribution is 7.24. The summed E-state index contributed by atoms with van der Waals surface area (Å²) in [6.07, 6.45) is 0. The normalized spacial score (nSPS) is 16.0. The van der Waals surface area contributed by atoms with Crippen LogP contribution in [0, 0.1) is 13.8 Å². The molecule has 1 aliphatic carbocycles. The molecule has 2 spiro atoms. The van der Waals surface area contributed by atoms with Crippen LogP contribution in [0.25, 0.3) is 44.2 Å². The van der Waals surface area contributed by atoms with E-state index >= 15 is 0 Å². The molecule has 3 heteroatoms. The zero-order valence-corrected chi connectivity index (χ0v) is 36.8. The number of benzene rings is 9. The van der Waals surface area contributed by atoms with Crippen LogP contribution in [0.4, 0.5) is 17.1 Å². The number of fused-ring (bicyclic) bond motifs is 21. The maximum absolute atomic E-state index is 6.81. The van der Waals surface area contributed by atoms with Gasteiger partial charge in [-0.2, -0.15) is 0 Å². The fourth-order valence-electron chi connectivity index (χ4n) is 12.9. The second kappa shape index (κ2) is 12.0. The smallest absolute Gasteiger partial charge is 0.182 e. The number of furan rings is 1. The van der Waals surface area contributed by atoms with Crippen molar-refractivity contribution in [3.05, 3.63) is 233 Å². The SMILES string of the molecule is Cc1ccc2c(c1)[Si]1(c3ccccc3-c3ccc(N4c5ccccc5C5(c6cc7c(cc64)oc4ccccc47)c4ccccc4C(C)(C)c4ccccc45)cc31)c1cc(C)ccc1-2. The highest BCUT2D eigenvalue weighted by Crippen LogP contribution is 2.63. The first-order valence-corrected chi connectivity index (χ1v) is 24.3. The van der Waals surface area contributed by atoms with Gasteiger partial charge in [0, 0.05) is 27.9 Å². The molecular weight excluding hydrogens is 779 g/mol. The summed E-state index contributed by atoms with van der Waals surface area (Å²) < 4.78 is 6.81. The van der Waals surface area contributed by atoms with E-state index in [1.54, 1.807) is 0 Å². The maximum atomic E-state index is 6.81. The van der Waals surface area contributed by atoms with Crippen molar-refractivity contribution in [2.24, 2.45) is 0 Å². The molecule has 0 radical (unpaired) electrons. The summed E-state index contributed by atoms with van der Waals surface area (Å²) >= 11 is 0. The largest absolute Gasteiger partial charge is 0.456 e. The first-order chi connectivity index (χ1) is 30.8. The predicted molar refractivity (Wildman–Crippen MR) is 263 cm³/mol. The summed E-state index contributed by atoms with van der Waals surface area (Å²) in [5, 5.41) is 8.26. The Hall–Kier alpha value is -7.20. The molecule has 0 atom stereocenters. The van der Waals surface area contributed by atoms with Gasteiger partial charge in [0.25, 0.3) is 0 Å². The van der Waals surface area contributed by atoms with Crippen molar-refractivity contribution in [3.63, 3.8) is 0 Å². The molecule has 2 nitrogen and oxygen atoms in total. The molecule has 1 aromatic heterocycles. The average molecular weight is 822 g/mol. The summed E-state index contributed by atoms with van der Waals surface area (Å²) in [6.45, 7) is 9.31. The molecule has 0 amide bonds. The molecule has 4 aliphatic rings. The highest BCUT2D eigenvalue weighted by atomic mass is 28.3. The lowest BCUT2D eigenvalue weighted by Gasteiger charge is -2.52. The third-order valence-electron chi connectivity index (χ3n) is 15.4. The molecular formula is C60H43NOSi. The Morgan fingerprint density at radius 3 is 1.63 bits per heavy atom. The Morgan fingerprint density at radius 2 is 0.937 bits per heavy atom. The van der Waals surface area contributed by atoms with Crippen LogP contribution in [-0.2, 0) is 10.8 Å². The fourth-order valence-corrected chi connectivity index (χ4v) is 18.7. The second-order valence-corrected chi connectivity index (χ2v) is 22.6. The van der Waals surface area contributed by atoms with Gasteiger partial charge in [0.05, 0.1) is 16.8 Å². The van der Waals surface area contributed by atoms with Gasteiger partial charge in [0.2, 0.25) is 0 Å². The number of aryl methyl sites for hydroxylation is 2. The lowest BCUT2D eigenvalue weighted by Crippen LogP contribution is -2.70. The van der Waals surface area contributed by atoms with Crippen molar-refractivity contribution in [1.82, 2.24) is 0 Å². The van der Waals surface area contributed by atoms with E-state index in [1.807, 2.05) is 0 Å². The van der Waals surface area contributed by atoms with E-state index in [0.29, 0.717) is 0 Å². The Balaban J connectivity index is 1.12. The molecule has 63 heavy (non-hydrogen) atoms. The molecule has 298 valence electrons. The quantitative estimate of drug-likeness (QED) is 0.153. The van der Waals surface area contributed by atoms with Crippen molar-refractivity contribution in [2.75, 3.05) is 4.90 Å². The lowest BCUT2D eigenvalue weighted by molar-refractivity contribution is 0.556. The van der Waals surface area contributed by atoms with Gasteiger partial charge < -0.3 is 9.32 Å². The Bertz CT molecular complexity index is 3560. The summed E-state index contributed by atoms with van der Waals surface area (Å²) in [5.41, 5.74) is 20.6. The molecule has 0 bridgehead atoms. The van der Waals surface area contributed by atoms with E-state index in [2.05, 4.69) is 221 Å². The van der Waals surface area contributed by atoms with Crippen molar-refractivity contribution in [1.29, 1.82) is 0 Å². The van der Waals surface area contributed by atoms with Gasteiger partial charge in [-0.15, -0.1) is 0 Å². The van der Waals surface area contributed by atoms with E-state index in [9.17, 15) is 0 Å². The van der Waals surface area contributed by atoms with Crippen LogP contribution in [0.5, 0.6) is 0 Å². The van der Waals surface area contributed by atoms with Crippen LogP contribution < -0.4 is 25.6 Å². The predicted octanol–water partition coefficient (Wildman–Crippen LogP) is 12.3. The standard InChI is InChI=1S/C60H43NOSi/c1-36-25-28-41-42-29-26-37(2)32-57(42)63(56(41)31-36)55-24-14-6-16-40(55)43-30-27-38(33-58(43)63)61-51-22-12-11-21-49(51)60(50-34-44-39-15-5-13-23-53(39)62-54(44)35-52(50)61)47-19-9-7-17-45(47)59(3,4)46-18-8-10-20-48(46)60/h5-35H,1-4H3. The van der Waals surface area contributed by atoms with Crippen molar-refractivity contribution in [3.8, 4) is 22.3 Å². The highest BCUT2D eigenvalue weighted by Gasteiger charge is 2.56. The summed E-state index contributed by atoms with van der Waals surface area (Å²) in [5.74, 6) is 0. The van der Waals surface area contributed by atoms with Crippen LogP contribution in [0.3, 0.4) is 0 Å². The molecule has 0 saturated carbocycles. The first-order valence-electron chi connectivity index (χ1n) is 22.3. The molecule has 4 heterocycles. The first kappa shape index (κ1) is 35.4. The monoisotopic (exact) mass is 821 g/mol. The van der Waals surface area contributed by atoms with Gasteiger partial charge in [-0.3, -0.25) is 0 Å². The van der Waals surface area contributed by atoms with Gasteiger partial charge in [-0.25, -0.2) is 0 Å². The van der Waals surface area contributed by atoms with Crippen LogP contribution in [0.1, 0.15) is 58.4 Å². The van der Waals surface area contributed by atoms with Crippen LogP contribution in [0.15, 0.2) is 192 Å². The van der Waals surface area contributed by atoms with Crippen LogP contribution >= 0.6 is 0 Å². The van der Waals surface area contributed by atoms with Gasteiger partial charge in [-0.1, -0.05) is 177 Å². The number of hydrogen-bond donors (Lipinski definition) is 0. The molecule has 0 fully saturated rings. The van der Waals surface area contributed by atoms with Gasteiger partial charge >= 0.3 is 0 Å². The third kappa shape index (κ3) is 4.20. The van der Waals surface area contributed by atoms with E-state index < -0.39 is 13.5 Å². The number of anilines is 3. The number of nitrogens with zero attached hydrogens (tertiary/aromatic N) is 1. The molecule has 9 aromatic carbocycles. The molecule has 14 rings (SSSR count). The van der Waals surface area contributed by atoms with Crippen LogP contribution in [0.2, 0.25) is 0 Å². The number of para-hydroxylation sites is 2. The van der Waals surface area contributed by atoms with E-state index in [1.165, 1.54) is 98.9 Å². The number of hydrogen-bond acceptors (Lipinski definition) is 2. The van der Waals surface area contributed by atoms with Crippen molar-refractivity contribution >= 4 is 67.8 Å². The minimum absolute atomic E-state index is 0.199. The van der Waals surface area contributed by atoms with Crippen LogP contribution in [-0.4, -0.2) is 8.07 Å². The van der Waals surface area contributed by atoms with E-state index in [0.717, 1.165) is 27.6 Å². The maximum Gasteiger partial charge on any atom is 0.182 e. The topological polar surface area (TPSA) is 16.4 Å². The minimum Gasteiger partial charge on any atom is -0.456 e. The zero-order valence-electron chi connectivity index (χ0n) is 35.8. The Morgan fingerprint density at radius 1 is 0.397 bits per heavy atom. The molecule has 0 saturated heterocycles. The van der Waals surface area contributed by atoms with Gasteiger partial charge in [0.15, 0.2) is 8.07 Å². The number of rotatable bonds is 1. The Labute approximate surface area is 368 Å². The minimum atomic E-state index is -2.75. The Kier molecular flexibility index (Phi) is 6.76. The summed E-state index contributed by atoms with van der Waals surface area (Å²) in [6, 6.07) is 72.2. The molecule has 0 N–H and O–H groups in total. The molecule has 0 unspecified atom stereocenters. The van der Waals surface area contributed by atoms with Gasteiger partial charge in [-0.05, 0) is 121 Å². The third-order valence-corrected chi connectivity index (χ3v) is 20.3. The zero-order chi connectivity index (χ0) is 42.0. The summed E-state index contributed by atoms with van der Waals surface area (Å²) in [4.78, 5) is 2.57. The van der Waals surface area contributed by atoms with Crippen molar-refractivity contribution < 1.29 is 4.42 Å². The van der Waals surface area contributed by atoms with E-state index in [-0.39, 0.29) is 5.41 Å². The van der Waals surface area contributed by atoms with Crippen molar-refractivity contribution in [2.45, 2.75) is 38.5 Å². The average Bonchev–Trinajstić information content (AvgIpc) is 3.92. The fraction of sp³-hybridized carbons (Fsp3) is 0.100. The molecule has 10 aromatic rings. The summed E-state index contributed by atoms with van der Waals surface area (Å²) in [7, 11) is -2.75. The van der Waals surface area contributed by atoms with Gasteiger partial charge in [0.1, 0.15) is 11.2 Å². The second-order valence-electron chi connectivity index (χ2n) is 18.9. The molecule has 3 aliphatic heterocycles. The van der Waals surface area contributed by atoms with E-state index in [4.69, 9.17) is 4.42 Å². The lowest BCUT2D eigenvalue weighted by atomic mass is 9.53.